The molecule has 1 unspecified atom stereocenters. The minimum absolute atomic E-state index is 0.0230. The SMILES string of the molecule is N=C(N)c1cccc(C2Sc3ccccc3N(CCCCCN3CCCN3)C2=O)c1. The molecule has 2 heterocycles. The smallest absolute Gasteiger partial charge is 0.245 e. The Balaban J connectivity index is 1.45. The van der Waals surface area contributed by atoms with Gasteiger partial charge in [-0.2, -0.15) is 0 Å². The van der Waals surface area contributed by atoms with Gasteiger partial charge >= 0.3 is 0 Å². The highest BCUT2D eigenvalue weighted by Crippen LogP contribution is 2.46. The number of thioether (sulfide) groups is 1. The topological polar surface area (TPSA) is 85.5 Å². The Labute approximate surface area is 182 Å². The first-order valence-electron chi connectivity index (χ1n) is 10.6. The van der Waals surface area contributed by atoms with Gasteiger partial charge in [0.25, 0.3) is 0 Å². The van der Waals surface area contributed by atoms with Crippen molar-refractivity contribution in [1.82, 2.24) is 10.4 Å². The van der Waals surface area contributed by atoms with E-state index in [1.165, 1.54) is 6.42 Å². The van der Waals surface area contributed by atoms with Gasteiger partial charge in [-0.25, -0.2) is 5.01 Å². The number of fused-ring (bicyclic) bond motifs is 1. The fourth-order valence-corrected chi connectivity index (χ4v) is 5.28. The monoisotopic (exact) mass is 423 g/mol. The largest absolute Gasteiger partial charge is 0.384 e. The molecule has 2 aromatic rings. The highest BCUT2D eigenvalue weighted by Gasteiger charge is 2.34. The molecule has 1 fully saturated rings. The van der Waals surface area contributed by atoms with Crippen molar-refractivity contribution in [3.05, 3.63) is 59.7 Å². The van der Waals surface area contributed by atoms with Gasteiger partial charge in [-0.05, 0) is 43.0 Å². The Hall–Kier alpha value is -2.35. The first-order chi connectivity index (χ1) is 14.6. The van der Waals surface area contributed by atoms with Gasteiger partial charge in [-0.15, -0.1) is 11.8 Å². The summed E-state index contributed by atoms with van der Waals surface area (Å²) in [6, 6.07) is 15.6. The zero-order valence-electron chi connectivity index (χ0n) is 17.1. The molecular formula is C23H29N5OS. The number of nitrogens with zero attached hydrogens (tertiary/aromatic N) is 2. The number of hydrogen-bond donors (Lipinski definition) is 3. The molecule has 7 heteroatoms. The van der Waals surface area contributed by atoms with Gasteiger partial charge in [-0.1, -0.05) is 36.8 Å². The van der Waals surface area contributed by atoms with Crippen molar-refractivity contribution in [3.8, 4) is 0 Å². The lowest BCUT2D eigenvalue weighted by Crippen LogP contribution is -2.38. The van der Waals surface area contributed by atoms with E-state index in [4.69, 9.17) is 11.1 Å². The third kappa shape index (κ3) is 4.69. The van der Waals surface area contributed by atoms with E-state index in [9.17, 15) is 4.79 Å². The summed E-state index contributed by atoms with van der Waals surface area (Å²) in [5, 5.41) is 9.70. The third-order valence-electron chi connectivity index (χ3n) is 5.64. The normalized spacial score (nSPS) is 19.1. The van der Waals surface area contributed by atoms with Crippen LogP contribution in [-0.4, -0.2) is 42.9 Å². The minimum atomic E-state index is -0.312. The van der Waals surface area contributed by atoms with Crippen LogP contribution in [0.15, 0.2) is 53.4 Å². The molecule has 30 heavy (non-hydrogen) atoms. The lowest BCUT2D eigenvalue weighted by molar-refractivity contribution is -0.118. The van der Waals surface area contributed by atoms with Gasteiger partial charge in [-0.3, -0.25) is 15.6 Å². The van der Waals surface area contributed by atoms with E-state index >= 15 is 0 Å². The summed E-state index contributed by atoms with van der Waals surface area (Å²) in [7, 11) is 0. The number of carbonyl (C=O) groups excluding carboxylic acids is 1. The van der Waals surface area contributed by atoms with Crippen LogP contribution < -0.4 is 16.1 Å². The van der Waals surface area contributed by atoms with Crippen molar-refractivity contribution in [2.24, 2.45) is 5.73 Å². The molecule has 1 saturated heterocycles. The number of para-hydroxylation sites is 1. The Morgan fingerprint density at radius 1 is 1.13 bits per heavy atom. The number of rotatable bonds is 8. The van der Waals surface area contributed by atoms with E-state index in [0.29, 0.717) is 5.56 Å². The molecule has 2 aliphatic heterocycles. The summed E-state index contributed by atoms with van der Waals surface area (Å²) in [6.07, 6.45) is 4.44. The van der Waals surface area contributed by atoms with E-state index in [-0.39, 0.29) is 17.0 Å². The van der Waals surface area contributed by atoms with Gasteiger partial charge in [0, 0.05) is 36.6 Å². The Morgan fingerprint density at radius 2 is 1.97 bits per heavy atom. The van der Waals surface area contributed by atoms with E-state index in [1.54, 1.807) is 11.8 Å². The molecule has 0 spiro atoms. The molecule has 4 rings (SSSR count). The number of unbranched alkanes of at least 4 members (excludes halogenated alkanes) is 2. The maximum Gasteiger partial charge on any atom is 0.245 e. The number of carbonyl (C=O) groups is 1. The molecule has 0 bridgehead atoms. The quantitative estimate of drug-likeness (QED) is 0.344. The fraction of sp³-hybridized carbons (Fsp3) is 0.391. The predicted octanol–water partition coefficient (Wildman–Crippen LogP) is 3.53. The number of hydrazine groups is 1. The van der Waals surface area contributed by atoms with Crippen molar-refractivity contribution in [3.63, 3.8) is 0 Å². The van der Waals surface area contributed by atoms with Crippen LogP contribution in [-0.2, 0) is 4.79 Å². The standard InChI is InChI=1S/C23H29N5OS/c24-22(25)18-9-6-8-17(16-18)21-23(29)28(19-10-2-3-11-20(19)30-21)15-5-1-4-13-27-14-7-12-26-27/h2-3,6,8-11,16,21,26H,1,4-5,7,12-15H2,(H3,24,25). The molecular weight excluding hydrogens is 394 g/mol. The Bertz CT molecular complexity index is 912. The van der Waals surface area contributed by atoms with Gasteiger partial charge in [0.2, 0.25) is 5.91 Å². The molecule has 158 valence electrons. The van der Waals surface area contributed by atoms with Crippen molar-refractivity contribution in [1.29, 1.82) is 5.41 Å². The molecule has 1 amide bonds. The van der Waals surface area contributed by atoms with Gasteiger partial charge in [0.05, 0.1) is 5.69 Å². The average molecular weight is 424 g/mol. The Kier molecular flexibility index (Phi) is 6.72. The molecule has 6 nitrogen and oxygen atoms in total. The van der Waals surface area contributed by atoms with E-state index in [1.807, 2.05) is 47.4 Å². The first-order valence-corrected chi connectivity index (χ1v) is 11.5. The van der Waals surface area contributed by atoms with E-state index < -0.39 is 0 Å². The van der Waals surface area contributed by atoms with Crippen molar-refractivity contribution in [2.45, 2.75) is 35.8 Å². The fourth-order valence-electron chi connectivity index (χ4n) is 4.05. The maximum atomic E-state index is 13.4. The van der Waals surface area contributed by atoms with Crippen molar-refractivity contribution >= 4 is 29.2 Å². The average Bonchev–Trinajstić information content (AvgIpc) is 3.28. The lowest BCUT2D eigenvalue weighted by atomic mass is 10.1. The Morgan fingerprint density at radius 3 is 2.77 bits per heavy atom. The second-order valence-corrected chi connectivity index (χ2v) is 8.95. The molecule has 0 aliphatic carbocycles. The summed E-state index contributed by atoms with van der Waals surface area (Å²) < 4.78 is 0. The van der Waals surface area contributed by atoms with E-state index in [0.717, 1.165) is 61.6 Å². The summed E-state index contributed by atoms with van der Waals surface area (Å²) >= 11 is 1.59. The van der Waals surface area contributed by atoms with Crippen LogP contribution in [0.1, 0.15) is 42.1 Å². The van der Waals surface area contributed by atoms with Crippen LogP contribution in [0.2, 0.25) is 0 Å². The number of nitrogens with one attached hydrogen (secondary N) is 2. The zero-order valence-corrected chi connectivity index (χ0v) is 18.0. The number of hydrogen-bond acceptors (Lipinski definition) is 5. The maximum absolute atomic E-state index is 13.4. The lowest BCUT2D eigenvalue weighted by Gasteiger charge is -2.34. The van der Waals surface area contributed by atoms with Crippen LogP contribution in [0.4, 0.5) is 5.69 Å². The number of nitrogen functional groups attached to an aromatic ring is 1. The number of amides is 1. The summed E-state index contributed by atoms with van der Waals surface area (Å²) in [4.78, 5) is 16.5. The summed E-state index contributed by atoms with van der Waals surface area (Å²) in [5.74, 6) is 0.135. The van der Waals surface area contributed by atoms with Gasteiger partial charge in [0.1, 0.15) is 11.1 Å². The highest BCUT2D eigenvalue weighted by molar-refractivity contribution is 8.00. The molecule has 2 aromatic carbocycles. The van der Waals surface area contributed by atoms with Crippen LogP contribution in [0.5, 0.6) is 0 Å². The molecule has 0 saturated carbocycles. The number of amidine groups is 1. The molecule has 4 N–H and O–H groups in total. The van der Waals surface area contributed by atoms with Crippen LogP contribution in [0, 0.1) is 5.41 Å². The number of anilines is 1. The van der Waals surface area contributed by atoms with Crippen molar-refractivity contribution in [2.75, 3.05) is 31.1 Å². The summed E-state index contributed by atoms with van der Waals surface area (Å²) in [6.45, 7) is 4.02. The van der Waals surface area contributed by atoms with Crippen molar-refractivity contribution < 1.29 is 4.79 Å². The number of benzene rings is 2. The molecule has 0 radical (unpaired) electrons. The van der Waals surface area contributed by atoms with E-state index in [2.05, 4.69) is 16.5 Å². The third-order valence-corrected chi connectivity index (χ3v) is 6.95. The van der Waals surface area contributed by atoms with Gasteiger partial charge < -0.3 is 10.6 Å². The molecule has 1 atom stereocenters. The van der Waals surface area contributed by atoms with Gasteiger partial charge in [0.15, 0.2) is 0 Å². The zero-order chi connectivity index (χ0) is 20.9. The number of nitrogens with two attached hydrogens (primary N) is 1. The van der Waals surface area contributed by atoms with Crippen LogP contribution >= 0.6 is 11.8 Å². The first kappa shape index (κ1) is 20.9. The van der Waals surface area contributed by atoms with Crippen LogP contribution in [0.25, 0.3) is 0 Å². The summed E-state index contributed by atoms with van der Waals surface area (Å²) in [5.41, 5.74) is 11.6. The minimum Gasteiger partial charge on any atom is -0.384 e. The predicted molar refractivity (Wildman–Crippen MR) is 123 cm³/mol. The molecule has 0 aromatic heterocycles. The molecule has 2 aliphatic rings. The second kappa shape index (κ2) is 9.64. The van der Waals surface area contributed by atoms with Crippen LogP contribution in [0.3, 0.4) is 0 Å². The second-order valence-electron chi connectivity index (χ2n) is 7.80. The highest BCUT2D eigenvalue weighted by atomic mass is 32.2.